The number of nitrogens with two attached hydrogens (primary N) is 1. The number of carbonyl (C=O) groups is 1. The minimum absolute atomic E-state index is 0.268. The zero-order valence-electron chi connectivity index (χ0n) is 11.6. The molecule has 0 atom stereocenters. The molecule has 0 aliphatic rings. The van der Waals surface area contributed by atoms with Gasteiger partial charge in [-0.05, 0) is 37.1 Å². The van der Waals surface area contributed by atoms with Crippen LogP contribution < -0.4 is 16.0 Å². The molecule has 0 bridgehead atoms. The van der Waals surface area contributed by atoms with Gasteiger partial charge in [0.05, 0.1) is 5.56 Å². The van der Waals surface area contributed by atoms with Crippen molar-refractivity contribution in [3.8, 4) is 5.75 Å². The van der Waals surface area contributed by atoms with E-state index in [1.54, 1.807) is 13.0 Å². The van der Waals surface area contributed by atoms with E-state index < -0.39 is 0 Å². The Hall–Kier alpha value is -2.27. The number of rotatable bonds is 5. The second kappa shape index (κ2) is 6.25. The van der Waals surface area contributed by atoms with Crippen molar-refractivity contribution in [2.24, 2.45) is 5.84 Å². The Bertz CT molecular complexity index is 588. The third-order valence-electron chi connectivity index (χ3n) is 3.06. The number of amides is 1. The van der Waals surface area contributed by atoms with Gasteiger partial charge in [0.2, 0.25) is 0 Å². The highest BCUT2D eigenvalue weighted by Gasteiger charge is 2.14. The van der Waals surface area contributed by atoms with Gasteiger partial charge in [0.1, 0.15) is 23.9 Å². The molecule has 5 nitrogen and oxygen atoms in total. The predicted octanol–water partition coefficient (Wildman–Crippen LogP) is 2.33. The van der Waals surface area contributed by atoms with E-state index >= 15 is 0 Å². The number of benzene rings is 1. The standard InChI is InChI=1S/C15H18N2O3/c1-3-11-4-6-12(7-5-11)19-9-13-8-14(10(2)20-13)15(18)17-16/h4-8H,3,9,16H2,1-2H3,(H,17,18). The Morgan fingerprint density at radius 2 is 2.05 bits per heavy atom. The largest absolute Gasteiger partial charge is 0.486 e. The lowest BCUT2D eigenvalue weighted by atomic mass is 10.2. The van der Waals surface area contributed by atoms with Gasteiger partial charge < -0.3 is 9.15 Å². The lowest BCUT2D eigenvalue weighted by molar-refractivity contribution is 0.0952. The number of furan rings is 1. The van der Waals surface area contributed by atoms with E-state index in [2.05, 4.69) is 12.3 Å². The van der Waals surface area contributed by atoms with Crippen LogP contribution in [0.4, 0.5) is 0 Å². The molecule has 0 spiro atoms. The number of aryl methyl sites for hydroxylation is 2. The highest BCUT2D eigenvalue weighted by molar-refractivity contribution is 5.94. The molecule has 0 unspecified atom stereocenters. The minimum atomic E-state index is -0.371. The Balaban J connectivity index is 2.01. The molecule has 0 radical (unpaired) electrons. The fraction of sp³-hybridized carbons (Fsp3) is 0.267. The Morgan fingerprint density at radius 3 is 2.65 bits per heavy atom. The van der Waals surface area contributed by atoms with Crippen molar-refractivity contribution in [1.29, 1.82) is 0 Å². The maximum Gasteiger partial charge on any atom is 0.268 e. The van der Waals surface area contributed by atoms with E-state index in [0.717, 1.165) is 12.2 Å². The first-order valence-corrected chi connectivity index (χ1v) is 6.46. The first kappa shape index (κ1) is 14.1. The van der Waals surface area contributed by atoms with E-state index in [0.29, 0.717) is 17.1 Å². The van der Waals surface area contributed by atoms with Crippen LogP contribution in [-0.2, 0) is 13.0 Å². The van der Waals surface area contributed by atoms with E-state index in [1.165, 1.54) is 5.56 Å². The zero-order valence-corrected chi connectivity index (χ0v) is 11.6. The highest BCUT2D eigenvalue weighted by Crippen LogP contribution is 2.18. The van der Waals surface area contributed by atoms with Crippen LogP contribution in [0.5, 0.6) is 5.75 Å². The van der Waals surface area contributed by atoms with Crippen LogP contribution in [0.1, 0.15) is 34.4 Å². The lowest BCUT2D eigenvalue weighted by Crippen LogP contribution is -2.30. The van der Waals surface area contributed by atoms with Gasteiger partial charge in [0, 0.05) is 0 Å². The van der Waals surface area contributed by atoms with Crippen LogP contribution in [0, 0.1) is 6.92 Å². The average molecular weight is 274 g/mol. The number of hydrogen-bond acceptors (Lipinski definition) is 4. The van der Waals surface area contributed by atoms with Gasteiger partial charge in [-0.15, -0.1) is 0 Å². The van der Waals surface area contributed by atoms with Gasteiger partial charge in [-0.3, -0.25) is 10.2 Å². The van der Waals surface area contributed by atoms with Crippen molar-refractivity contribution in [1.82, 2.24) is 5.43 Å². The fourth-order valence-electron chi connectivity index (χ4n) is 1.89. The number of nitrogen functional groups attached to an aromatic ring is 1. The maximum absolute atomic E-state index is 11.5. The summed E-state index contributed by atoms with van der Waals surface area (Å²) in [5, 5.41) is 0. The first-order valence-electron chi connectivity index (χ1n) is 6.46. The number of hydrazine groups is 1. The third-order valence-corrected chi connectivity index (χ3v) is 3.06. The average Bonchev–Trinajstić information content (AvgIpc) is 2.86. The van der Waals surface area contributed by atoms with Gasteiger partial charge in [-0.2, -0.15) is 0 Å². The molecule has 0 saturated carbocycles. The predicted molar refractivity (Wildman–Crippen MR) is 75.3 cm³/mol. The summed E-state index contributed by atoms with van der Waals surface area (Å²) in [5.41, 5.74) is 3.76. The third kappa shape index (κ3) is 3.19. The molecule has 5 heteroatoms. The second-order valence-corrected chi connectivity index (χ2v) is 4.44. The van der Waals surface area contributed by atoms with Crippen molar-refractivity contribution in [2.45, 2.75) is 26.9 Å². The summed E-state index contributed by atoms with van der Waals surface area (Å²) in [6, 6.07) is 9.52. The van der Waals surface area contributed by atoms with Gasteiger partial charge in [-0.25, -0.2) is 5.84 Å². The van der Waals surface area contributed by atoms with E-state index in [1.807, 2.05) is 24.3 Å². The van der Waals surface area contributed by atoms with Crippen molar-refractivity contribution in [2.75, 3.05) is 0 Å². The van der Waals surface area contributed by atoms with Crippen LogP contribution in [0.2, 0.25) is 0 Å². The van der Waals surface area contributed by atoms with Crippen LogP contribution >= 0.6 is 0 Å². The summed E-state index contributed by atoms with van der Waals surface area (Å²) in [4.78, 5) is 11.5. The summed E-state index contributed by atoms with van der Waals surface area (Å²) in [5.74, 6) is 6.60. The molecular weight excluding hydrogens is 256 g/mol. The normalized spacial score (nSPS) is 10.3. The topological polar surface area (TPSA) is 77.5 Å². The monoisotopic (exact) mass is 274 g/mol. The summed E-state index contributed by atoms with van der Waals surface area (Å²) < 4.78 is 11.1. The summed E-state index contributed by atoms with van der Waals surface area (Å²) in [6.07, 6.45) is 0.995. The summed E-state index contributed by atoms with van der Waals surface area (Å²) in [6.45, 7) is 4.08. The number of ether oxygens (including phenoxy) is 1. The van der Waals surface area contributed by atoms with Crippen LogP contribution in [0.25, 0.3) is 0 Å². The van der Waals surface area contributed by atoms with Crippen molar-refractivity contribution >= 4 is 5.91 Å². The number of carbonyl (C=O) groups excluding carboxylic acids is 1. The van der Waals surface area contributed by atoms with Gasteiger partial charge >= 0.3 is 0 Å². The molecule has 0 saturated heterocycles. The van der Waals surface area contributed by atoms with Gasteiger partial charge in [0.25, 0.3) is 5.91 Å². The van der Waals surface area contributed by atoms with E-state index in [-0.39, 0.29) is 12.5 Å². The first-order chi connectivity index (χ1) is 9.63. The Labute approximate surface area is 117 Å². The lowest BCUT2D eigenvalue weighted by Gasteiger charge is -2.04. The molecule has 1 heterocycles. The molecule has 2 rings (SSSR count). The summed E-state index contributed by atoms with van der Waals surface area (Å²) >= 11 is 0. The second-order valence-electron chi connectivity index (χ2n) is 4.44. The van der Waals surface area contributed by atoms with Crippen LogP contribution in [0.3, 0.4) is 0 Å². The smallest absolute Gasteiger partial charge is 0.268 e. The molecule has 20 heavy (non-hydrogen) atoms. The zero-order chi connectivity index (χ0) is 14.5. The molecule has 0 aliphatic carbocycles. The molecule has 1 aromatic heterocycles. The fourth-order valence-corrected chi connectivity index (χ4v) is 1.89. The van der Waals surface area contributed by atoms with Crippen molar-refractivity contribution < 1.29 is 13.9 Å². The molecule has 2 aromatic rings. The SMILES string of the molecule is CCc1ccc(OCc2cc(C(=O)NN)c(C)o2)cc1. The molecule has 0 fully saturated rings. The molecular formula is C15H18N2O3. The molecule has 106 valence electrons. The van der Waals surface area contributed by atoms with Crippen LogP contribution in [0.15, 0.2) is 34.7 Å². The van der Waals surface area contributed by atoms with Gasteiger partial charge in [-0.1, -0.05) is 19.1 Å². The summed E-state index contributed by atoms with van der Waals surface area (Å²) in [7, 11) is 0. The highest BCUT2D eigenvalue weighted by atomic mass is 16.5. The minimum Gasteiger partial charge on any atom is -0.486 e. The molecule has 0 aliphatic heterocycles. The van der Waals surface area contributed by atoms with Crippen LogP contribution in [-0.4, -0.2) is 5.91 Å². The van der Waals surface area contributed by atoms with Crippen molar-refractivity contribution in [3.05, 3.63) is 53.0 Å². The van der Waals surface area contributed by atoms with E-state index in [9.17, 15) is 4.79 Å². The Morgan fingerprint density at radius 1 is 1.35 bits per heavy atom. The molecule has 3 N–H and O–H groups in total. The maximum atomic E-state index is 11.5. The number of nitrogens with one attached hydrogen (secondary N) is 1. The Kier molecular flexibility index (Phi) is 4.42. The van der Waals surface area contributed by atoms with Crippen molar-refractivity contribution in [3.63, 3.8) is 0 Å². The molecule has 1 amide bonds. The van der Waals surface area contributed by atoms with Gasteiger partial charge in [0.15, 0.2) is 0 Å². The quantitative estimate of drug-likeness (QED) is 0.498. The van der Waals surface area contributed by atoms with E-state index in [4.69, 9.17) is 15.0 Å². The number of hydrogen-bond donors (Lipinski definition) is 2. The molecule has 1 aromatic carbocycles.